The van der Waals surface area contributed by atoms with E-state index in [2.05, 4.69) is 34.9 Å². The van der Waals surface area contributed by atoms with Crippen LogP contribution in [0.4, 0.5) is 5.69 Å². The topological polar surface area (TPSA) is 131 Å². The molecule has 0 spiro atoms. The number of benzene rings is 1. The van der Waals surface area contributed by atoms with Crippen molar-refractivity contribution in [1.82, 2.24) is 19.9 Å². The maximum Gasteiger partial charge on any atom is 0.273 e. The number of carbonyl (C=O) groups is 1. The lowest BCUT2D eigenvalue weighted by Gasteiger charge is -2.15. The third kappa shape index (κ3) is 7.31. The lowest BCUT2D eigenvalue weighted by atomic mass is 10.2. The average Bonchev–Trinajstić information content (AvgIpc) is 3.14. The molecule has 1 atom stereocenters. The van der Waals surface area contributed by atoms with Gasteiger partial charge in [-0.05, 0) is 19.0 Å². The van der Waals surface area contributed by atoms with Crippen LogP contribution >= 0.6 is 0 Å². The quantitative estimate of drug-likeness (QED) is 0.169. The number of aromatic nitrogens is 3. The molecular formula is C23H31N5O6Si. The van der Waals surface area contributed by atoms with Gasteiger partial charge in [0.1, 0.15) is 18.0 Å². The molecule has 0 aliphatic rings. The highest BCUT2D eigenvalue weighted by Gasteiger charge is 2.21. The van der Waals surface area contributed by atoms with Crippen LogP contribution in [0.15, 0.2) is 36.7 Å². The molecule has 1 amide bonds. The molecule has 0 radical (unpaired) electrons. The fraction of sp³-hybridized carbons (Fsp3) is 0.435. The minimum atomic E-state index is -1.24. The van der Waals surface area contributed by atoms with Gasteiger partial charge in [-0.1, -0.05) is 25.7 Å². The van der Waals surface area contributed by atoms with E-state index in [1.165, 1.54) is 24.4 Å². The van der Waals surface area contributed by atoms with Gasteiger partial charge in [0.05, 0.1) is 29.4 Å². The first-order chi connectivity index (χ1) is 16.6. The van der Waals surface area contributed by atoms with E-state index < -0.39 is 13.0 Å². The molecule has 3 aromatic rings. The summed E-state index contributed by atoms with van der Waals surface area (Å²) < 4.78 is 18.4. The summed E-state index contributed by atoms with van der Waals surface area (Å²) in [7, 11) is 0.324. The van der Waals surface area contributed by atoms with Crippen LogP contribution in [0.1, 0.15) is 17.3 Å². The zero-order valence-electron chi connectivity index (χ0n) is 20.6. The van der Waals surface area contributed by atoms with Crippen molar-refractivity contribution in [3.8, 4) is 11.6 Å². The number of amides is 1. The second-order valence-electron chi connectivity index (χ2n) is 9.43. The van der Waals surface area contributed by atoms with Gasteiger partial charge >= 0.3 is 0 Å². The predicted octanol–water partition coefficient (Wildman–Crippen LogP) is 4.21. The van der Waals surface area contributed by atoms with Crippen molar-refractivity contribution in [3.05, 3.63) is 52.3 Å². The molecule has 0 bridgehead atoms. The van der Waals surface area contributed by atoms with Gasteiger partial charge in [-0.15, -0.1) is 0 Å². The van der Waals surface area contributed by atoms with Gasteiger partial charge in [-0.25, -0.2) is 9.97 Å². The van der Waals surface area contributed by atoms with E-state index in [-0.39, 0.29) is 36.0 Å². The van der Waals surface area contributed by atoms with Crippen LogP contribution in [0.2, 0.25) is 25.7 Å². The van der Waals surface area contributed by atoms with Crippen molar-refractivity contribution in [2.45, 2.75) is 45.4 Å². The standard InChI is InChI=1S/C23H31N5O6Si/c1-16(14-32-2)25-23(29)19-13-27(15-33-9-10-35(3,4)5)22-21(19)26-20(12-24-22)34-18-8-6-7-17(11-18)28(30)31/h6-8,11-13,16H,9-10,14-15H2,1-5H3,(H,25,29)/t16-/m0/s1. The predicted molar refractivity (Wildman–Crippen MR) is 134 cm³/mol. The number of carbonyl (C=O) groups excluding carboxylic acids is 1. The molecular weight excluding hydrogens is 470 g/mol. The van der Waals surface area contributed by atoms with E-state index in [1.807, 2.05) is 6.92 Å². The minimum Gasteiger partial charge on any atom is -0.437 e. The highest BCUT2D eigenvalue weighted by atomic mass is 28.3. The number of nitrogens with one attached hydrogen (secondary N) is 1. The summed E-state index contributed by atoms with van der Waals surface area (Å²) >= 11 is 0. The first-order valence-corrected chi connectivity index (χ1v) is 14.9. The van der Waals surface area contributed by atoms with Crippen molar-refractivity contribution < 1.29 is 23.9 Å². The largest absolute Gasteiger partial charge is 0.437 e. The summed E-state index contributed by atoms with van der Waals surface area (Å²) in [5.74, 6) is 0.0123. The Bertz CT molecular complexity index is 1190. The lowest BCUT2D eigenvalue weighted by molar-refractivity contribution is -0.384. The minimum absolute atomic E-state index is 0.106. The lowest BCUT2D eigenvalue weighted by Crippen LogP contribution is -2.35. The maximum absolute atomic E-state index is 13.0. The summed E-state index contributed by atoms with van der Waals surface area (Å²) in [5, 5.41) is 13.9. The van der Waals surface area contributed by atoms with E-state index in [1.54, 1.807) is 23.9 Å². The number of nitro groups is 1. The van der Waals surface area contributed by atoms with Crippen LogP contribution in [-0.4, -0.2) is 59.8 Å². The Morgan fingerprint density at radius 1 is 1.31 bits per heavy atom. The molecule has 11 nitrogen and oxygen atoms in total. The van der Waals surface area contributed by atoms with Crippen LogP contribution in [0, 0.1) is 10.1 Å². The third-order valence-electron chi connectivity index (χ3n) is 5.06. The first kappa shape index (κ1) is 26.3. The number of non-ortho nitro benzene ring substituents is 1. The molecule has 1 aromatic carbocycles. The maximum atomic E-state index is 13.0. The number of nitro benzene ring substituents is 1. The normalized spacial score (nSPS) is 12.5. The van der Waals surface area contributed by atoms with Crippen molar-refractivity contribution in [2.24, 2.45) is 0 Å². The number of ether oxygens (including phenoxy) is 3. The summed E-state index contributed by atoms with van der Waals surface area (Å²) in [4.78, 5) is 32.5. The number of hydrogen-bond donors (Lipinski definition) is 1. The Labute approximate surface area is 204 Å². The Morgan fingerprint density at radius 3 is 2.77 bits per heavy atom. The molecule has 0 aliphatic heterocycles. The highest BCUT2D eigenvalue weighted by Crippen LogP contribution is 2.26. The molecule has 12 heteroatoms. The van der Waals surface area contributed by atoms with Crippen LogP contribution in [0.5, 0.6) is 11.6 Å². The van der Waals surface area contributed by atoms with Gasteiger partial charge in [0.25, 0.3) is 11.6 Å². The number of nitrogens with zero attached hydrogens (tertiary/aromatic N) is 4. The molecule has 0 unspecified atom stereocenters. The van der Waals surface area contributed by atoms with Gasteiger partial charge in [-0.3, -0.25) is 14.9 Å². The van der Waals surface area contributed by atoms with Crippen molar-refractivity contribution in [3.63, 3.8) is 0 Å². The molecule has 2 heterocycles. The van der Waals surface area contributed by atoms with Gasteiger partial charge < -0.3 is 24.1 Å². The fourth-order valence-electron chi connectivity index (χ4n) is 3.27. The fourth-order valence-corrected chi connectivity index (χ4v) is 4.02. The molecule has 2 aromatic heterocycles. The Morgan fingerprint density at radius 2 is 2.09 bits per heavy atom. The third-order valence-corrected chi connectivity index (χ3v) is 6.76. The van der Waals surface area contributed by atoms with Gasteiger partial charge in [-0.2, -0.15) is 0 Å². The Balaban J connectivity index is 1.90. The monoisotopic (exact) mass is 501 g/mol. The molecule has 35 heavy (non-hydrogen) atoms. The number of methoxy groups -OCH3 is 1. The zero-order valence-corrected chi connectivity index (χ0v) is 21.6. The molecule has 0 saturated carbocycles. The molecule has 0 aliphatic carbocycles. The Hall–Kier alpha value is -3.35. The van der Waals surface area contributed by atoms with Gasteiger partial charge in [0.15, 0.2) is 5.65 Å². The van der Waals surface area contributed by atoms with Gasteiger partial charge in [0.2, 0.25) is 5.88 Å². The van der Waals surface area contributed by atoms with Crippen molar-refractivity contribution in [1.29, 1.82) is 0 Å². The van der Waals surface area contributed by atoms with Crippen LogP contribution in [-0.2, 0) is 16.2 Å². The number of rotatable bonds is 12. The average molecular weight is 502 g/mol. The molecule has 1 N–H and O–H groups in total. The SMILES string of the molecule is COC[C@H](C)NC(=O)c1cn(COCC[Si](C)(C)C)c2ncc(Oc3cccc([N+](=O)[O-])c3)nc12. The van der Waals surface area contributed by atoms with E-state index >= 15 is 0 Å². The second-order valence-corrected chi connectivity index (χ2v) is 15.0. The summed E-state index contributed by atoms with van der Waals surface area (Å²) in [5.41, 5.74) is 1.01. The van der Waals surface area contributed by atoms with Crippen molar-refractivity contribution >= 4 is 30.8 Å². The Kier molecular flexibility index (Phi) is 8.54. The van der Waals surface area contributed by atoms with Crippen LogP contribution in [0.25, 0.3) is 11.2 Å². The first-order valence-electron chi connectivity index (χ1n) is 11.2. The van der Waals surface area contributed by atoms with E-state index in [9.17, 15) is 14.9 Å². The van der Waals surface area contributed by atoms with Crippen LogP contribution < -0.4 is 10.1 Å². The van der Waals surface area contributed by atoms with E-state index in [4.69, 9.17) is 14.2 Å². The molecule has 3 rings (SSSR count). The second kappa shape index (κ2) is 11.4. The van der Waals surface area contributed by atoms with Crippen molar-refractivity contribution in [2.75, 3.05) is 20.3 Å². The smallest absolute Gasteiger partial charge is 0.273 e. The van der Waals surface area contributed by atoms with Gasteiger partial charge in [0, 0.05) is 40.1 Å². The highest BCUT2D eigenvalue weighted by molar-refractivity contribution is 6.76. The molecule has 0 saturated heterocycles. The number of fused-ring (bicyclic) bond motifs is 1. The van der Waals surface area contributed by atoms with E-state index in [0.717, 1.165) is 6.04 Å². The molecule has 188 valence electrons. The summed E-state index contributed by atoms with van der Waals surface area (Å²) in [6.45, 7) is 9.86. The summed E-state index contributed by atoms with van der Waals surface area (Å²) in [6.07, 6.45) is 3.07. The molecule has 0 fully saturated rings. The van der Waals surface area contributed by atoms with E-state index in [0.29, 0.717) is 29.9 Å². The number of hydrogen-bond acceptors (Lipinski definition) is 8. The van der Waals surface area contributed by atoms with Crippen LogP contribution in [0.3, 0.4) is 0 Å². The zero-order chi connectivity index (χ0) is 25.6. The summed E-state index contributed by atoms with van der Waals surface area (Å²) in [6, 6.07) is 6.56.